The lowest BCUT2D eigenvalue weighted by Crippen LogP contribution is -2.33. The van der Waals surface area contributed by atoms with Gasteiger partial charge in [0.15, 0.2) is 0 Å². The molecule has 0 N–H and O–H groups in total. The Hall–Kier alpha value is -1.20. The fourth-order valence-electron chi connectivity index (χ4n) is 1.18. The van der Waals surface area contributed by atoms with Gasteiger partial charge in [-0.25, -0.2) is 9.97 Å². The van der Waals surface area contributed by atoms with Crippen molar-refractivity contribution in [2.75, 3.05) is 26.4 Å². The average Bonchev–Trinajstić information content (AvgIpc) is 2.29. The van der Waals surface area contributed by atoms with Crippen LogP contribution in [0.15, 0.2) is 18.6 Å². The Kier molecular flexibility index (Phi) is 3.26. The molecule has 5 heteroatoms. The van der Waals surface area contributed by atoms with Gasteiger partial charge in [-0.05, 0) is 0 Å². The molecular formula is C9H12N2O3. The Morgan fingerprint density at radius 2 is 2.50 bits per heavy atom. The number of ether oxygens (including phenoxy) is 3. The molecule has 1 atom stereocenters. The van der Waals surface area contributed by atoms with Gasteiger partial charge in [0.1, 0.15) is 19.0 Å². The van der Waals surface area contributed by atoms with Gasteiger partial charge in [0.25, 0.3) is 0 Å². The number of hydrogen-bond acceptors (Lipinski definition) is 5. The first-order chi connectivity index (χ1) is 6.95. The zero-order valence-electron chi connectivity index (χ0n) is 7.76. The van der Waals surface area contributed by atoms with Crippen molar-refractivity contribution < 1.29 is 14.2 Å². The fourth-order valence-corrected chi connectivity index (χ4v) is 1.18. The monoisotopic (exact) mass is 196 g/mol. The highest BCUT2D eigenvalue weighted by Gasteiger charge is 2.14. The third-order valence-corrected chi connectivity index (χ3v) is 1.86. The van der Waals surface area contributed by atoms with Crippen LogP contribution in [0.25, 0.3) is 0 Å². The predicted molar refractivity (Wildman–Crippen MR) is 48.1 cm³/mol. The minimum atomic E-state index is 0.0127. The molecule has 2 rings (SSSR count). The number of hydrogen-bond donors (Lipinski definition) is 0. The zero-order valence-corrected chi connectivity index (χ0v) is 7.76. The lowest BCUT2D eigenvalue weighted by molar-refractivity contribution is -0.102. The van der Waals surface area contributed by atoms with Crippen molar-refractivity contribution in [2.45, 2.75) is 6.10 Å². The van der Waals surface area contributed by atoms with Crippen molar-refractivity contribution in [3.05, 3.63) is 18.6 Å². The third-order valence-electron chi connectivity index (χ3n) is 1.86. The van der Waals surface area contributed by atoms with E-state index < -0.39 is 0 Å². The summed E-state index contributed by atoms with van der Waals surface area (Å²) >= 11 is 0. The Morgan fingerprint density at radius 3 is 3.21 bits per heavy atom. The summed E-state index contributed by atoms with van der Waals surface area (Å²) in [4.78, 5) is 7.73. The minimum Gasteiger partial charge on any atom is -0.475 e. The summed E-state index contributed by atoms with van der Waals surface area (Å²) in [6.45, 7) is 2.36. The largest absolute Gasteiger partial charge is 0.475 e. The third kappa shape index (κ3) is 2.65. The second kappa shape index (κ2) is 4.88. The van der Waals surface area contributed by atoms with Crippen LogP contribution in [-0.2, 0) is 9.47 Å². The van der Waals surface area contributed by atoms with Gasteiger partial charge in [-0.2, -0.15) is 0 Å². The molecule has 76 valence electrons. The second-order valence-electron chi connectivity index (χ2n) is 2.93. The van der Waals surface area contributed by atoms with Crippen LogP contribution in [0.4, 0.5) is 0 Å². The lowest BCUT2D eigenvalue weighted by Gasteiger charge is -2.22. The quantitative estimate of drug-likeness (QED) is 0.694. The van der Waals surface area contributed by atoms with Crippen molar-refractivity contribution in [1.82, 2.24) is 9.97 Å². The SMILES string of the molecule is c1cc(OCC2COCCO2)ncn1. The van der Waals surface area contributed by atoms with Crippen LogP contribution in [0.5, 0.6) is 5.88 Å². The highest BCUT2D eigenvalue weighted by atomic mass is 16.6. The highest BCUT2D eigenvalue weighted by molar-refractivity contribution is 5.04. The summed E-state index contributed by atoms with van der Waals surface area (Å²) < 4.78 is 16.0. The smallest absolute Gasteiger partial charge is 0.216 e. The topological polar surface area (TPSA) is 53.5 Å². The summed E-state index contributed by atoms with van der Waals surface area (Å²) in [7, 11) is 0. The van der Waals surface area contributed by atoms with Crippen molar-refractivity contribution in [2.24, 2.45) is 0 Å². The molecule has 0 aliphatic carbocycles. The van der Waals surface area contributed by atoms with E-state index in [1.54, 1.807) is 12.3 Å². The molecule has 14 heavy (non-hydrogen) atoms. The van der Waals surface area contributed by atoms with Crippen LogP contribution in [0, 0.1) is 0 Å². The van der Waals surface area contributed by atoms with Gasteiger partial charge < -0.3 is 14.2 Å². The Labute approximate surface area is 82.0 Å². The number of rotatable bonds is 3. The van der Waals surface area contributed by atoms with E-state index in [1.165, 1.54) is 6.33 Å². The summed E-state index contributed by atoms with van der Waals surface area (Å²) in [6, 6.07) is 1.71. The second-order valence-corrected chi connectivity index (χ2v) is 2.93. The van der Waals surface area contributed by atoms with Gasteiger partial charge in [0, 0.05) is 12.3 Å². The first-order valence-corrected chi connectivity index (χ1v) is 4.53. The highest BCUT2D eigenvalue weighted by Crippen LogP contribution is 2.05. The maximum absolute atomic E-state index is 5.41. The van der Waals surface area contributed by atoms with E-state index in [1.807, 2.05) is 0 Å². The maximum Gasteiger partial charge on any atom is 0.216 e. The molecule has 1 aliphatic heterocycles. The Bertz CT molecular complexity index is 262. The average molecular weight is 196 g/mol. The molecule has 1 unspecified atom stereocenters. The van der Waals surface area contributed by atoms with Crippen LogP contribution in [0.3, 0.4) is 0 Å². The molecule has 5 nitrogen and oxygen atoms in total. The molecule has 0 bridgehead atoms. The van der Waals surface area contributed by atoms with E-state index in [9.17, 15) is 0 Å². The van der Waals surface area contributed by atoms with Crippen LogP contribution in [0.1, 0.15) is 0 Å². The van der Waals surface area contributed by atoms with E-state index in [4.69, 9.17) is 14.2 Å². The van der Waals surface area contributed by atoms with Crippen molar-refractivity contribution in [1.29, 1.82) is 0 Å². The molecule has 0 saturated carbocycles. The van der Waals surface area contributed by atoms with Crippen LogP contribution >= 0.6 is 0 Å². The molecule has 0 radical (unpaired) electrons. The van der Waals surface area contributed by atoms with Crippen molar-refractivity contribution in [3.63, 3.8) is 0 Å². The summed E-state index contributed by atoms with van der Waals surface area (Å²) in [6.07, 6.45) is 3.10. The van der Waals surface area contributed by atoms with Gasteiger partial charge in [-0.1, -0.05) is 0 Å². The summed E-state index contributed by atoms with van der Waals surface area (Å²) in [5.41, 5.74) is 0. The summed E-state index contributed by atoms with van der Waals surface area (Å²) in [5.74, 6) is 0.564. The molecule has 1 fully saturated rings. The van der Waals surface area contributed by atoms with E-state index in [2.05, 4.69) is 9.97 Å². The Morgan fingerprint density at radius 1 is 1.50 bits per heavy atom. The molecule has 0 aromatic carbocycles. The fraction of sp³-hybridized carbons (Fsp3) is 0.556. The van der Waals surface area contributed by atoms with Gasteiger partial charge in [-0.3, -0.25) is 0 Å². The molecule has 1 aliphatic rings. The first-order valence-electron chi connectivity index (χ1n) is 4.53. The molecule has 0 amide bonds. The molecule has 0 spiro atoms. The molecule has 2 heterocycles. The van der Waals surface area contributed by atoms with Crippen LogP contribution in [0.2, 0.25) is 0 Å². The maximum atomic E-state index is 5.41. The van der Waals surface area contributed by atoms with Crippen molar-refractivity contribution in [3.8, 4) is 5.88 Å². The lowest BCUT2D eigenvalue weighted by atomic mass is 10.4. The molecule has 1 aromatic rings. The van der Waals surface area contributed by atoms with Crippen LogP contribution in [-0.4, -0.2) is 42.5 Å². The van der Waals surface area contributed by atoms with Gasteiger partial charge >= 0.3 is 0 Å². The van der Waals surface area contributed by atoms with Crippen molar-refractivity contribution >= 4 is 0 Å². The molecular weight excluding hydrogens is 184 g/mol. The number of aromatic nitrogens is 2. The molecule has 1 aromatic heterocycles. The normalized spacial score (nSPS) is 21.9. The number of nitrogens with zero attached hydrogens (tertiary/aromatic N) is 2. The first kappa shape index (κ1) is 9.36. The predicted octanol–water partition coefficient (Wildman–Crippen LogP) is 0.271. The van der Waals surface area contributed by atoms with E-state index in [0.717, 1.165) is 0 Å². The van der Waals surface area contributed by atoms with Gasteiger partial charge in [0.2, 0.25) is 5.88 Å². The molecule has 1 saturated heterocycles. The zero-order chi connectivity index (χ0) is 9.64. The van der Waals surface area contributed by atoms with E-state index in [0.29, 0.717) is 32.3 Å². The standard InChI is InChI=1S/C9H12N2O3/c1-2-10-7-11-9(1)14-6-8-5-12-3-4-13-8/h1-2,7-8H,3-6H2. The Balaban J connectivity index is 1.76. The van der Waals surface area contributed by atoms with E-state index in [-0.39, 0.29) is 6.10 Å². The van der Waals surface area contributed by atoms with E-state index >= 15 is 0 Å². The van der Waals surface area contributed by atoms with Gasteiger partial charge in [0.05, 0.1) is 19.8 Å². The summed E-state index contributed by atoms with van der Waals surface area (Å²) in [5, 5.41) is 0. The minimum absolute atomic E-state index is 0.0127. The van der Waals surface area contributed by atoms with Gasteiger partial charge in [-0.15, -0.1) is 0 Å². The van der Waals surface area contributed by atoms with Crippen LogP contribution < -0.4 is 4.74 Å².